The van der Waals surface area contributed by atoms with Crippen molar-refractivity contribution in [3.05, 3.63) is 52.7 Å². The molecule has 0 unspecified atom stereocenters. The second-order valence-electron chi connectivity index (χ2n) is 4.86. The van der Waals surface area contributed by atoms with Gasteiger partial charge in [0.1, 0.15) is 11.6 Å². The second kappa shape index (κ2) is 7.18. The molecule has 0 aliphatic heterocycles. The molecule has 1 heterocycles. The Labute approximate surface area is 129 Å². The fourth-order valence-corrected chi connectivity index (χ4v) is 1.89. The number of rotatable bonds is 5. The third kappa shape index (κ3) is 3.79. The van der Waals surface area contributed by atoms with Crippen LogP contribution < -0.4 is 10.6 Å². The highest BCUT2D eigenvalue weighted by Crippen LogP contribution is 2.16. The molecule has 0 radical (unpaired) electrons. The van der Waals surface area contributed by atoms with Crippen LogP contribution in [0.1, 0.15) is 22.4 Å². The minimum absolute atomic E-state index is 0.0404. The molecule has 6 heteroatoms. The van der Waals surface area contributed by atoms with E-state index in [1.54, 1.807) is 6.92 Å². The number of aromatic nitrogens is 2. The van der Waals surface area contributed by atoms with Crippen LogP contribution in [0.3, 0.4) is 0 Å². The number of nitriles is 1. The van der Waals surface area contributed by atoms with Crippen molar-refractivity contribution in [3.63, 3.8) is 0 Å². The largest absolute Gasteiger partial charge is 0.358 e. The molecule has 0 saturated heterocycles. The standard InChI is InChI=1S/C16H17N5O/c1-11-12(2)20-21-16(14(11)8-17)19-10-15(22)18-9-13-6-4-3-5-7-13/h3-7H,9-10H2,1-2H3,(H,18,22)(H,19,21). The third-order valence-electron chi connectivity index (χ3n) is 3.32. The number of hydrogen-bond donors (Lipinski definition) is 2. The average Bonchev–Trinajstić information content (AvgIpc) is 2.55. The van der Waals surface area contributed by atoms with Crippen molar-refractivity contribution in [1.29, 1.82) is 5.26 Å². The minimum Gasteiger partial charge on any atom is -0.358 e. The number of hydrogen-bond acceptors (Lipinski definition) is 5. The first-order valence-corrected chi connectivity index (χ1v) is 6.90. The summed E-state index contributed by atoms with van der Waals surface area (Å²) in [6, 6.07) is 11.7. The van der Waals surface area contributed by atoms with Gasteiger partial charge in [-0.05, 0) is 25.0 Å². The lowest BCUT2D eigenvalue weighted by Gasteiger charge is -2.10. The van der Waals surface area contributed by atoms with Gasteiger partial charge >= 0.3 is 0 Å². The van der Waals surface area contributed by atoms with Gasteiger partial charge in [-0.3, -0.25) is 4.79 Å². The minimum atomic E-state index is -0.173. The Hall–Kier alpha value is -2.94. The maximum absolute atomic E-state index is 11.8. The van der Waals surface area contributed by atoms with Crippen LogP contribution in [0, 0.1) is 25.2 Å². The van der Waals surface area contributed by atoms with Gasteiger partial charge in [0.05, 0.1) is 12.2 Å². The summed E-state index contributed by atoms with van der Waals surface area (Å²) in [4.78, 5) is 11.8. The summed E-state index contributed by atoms with van der Waals surface area (Å²) >= 11 is 0. The number of nitrogens with zero attached hydrogens (tertiary/aromatic N) is 3. The zero-order chi connectivity index (χ0) is 15.9. The van der Waals surface area contributed by atoms with Gasteiger partial charge in [0.2, 0.25) is 5.91 Å². The van der Waals surface area contributed by atoms with Gasteiger partial charge in [-0.1, -0.05) is 30.3 Å². The van der Waals surface area contributed by atoms with Crippen LogP contribution in [-0.2, 0) is 11.3 Å². The van der Waals surface area contributed by atoms with Gasteiger partial charge in [0.15, 0.2) is 5.82 Å². The maximum atomic E-state index is 11.8. The molecule has 1 aromatic heterocycles. The van der Waals surface area contributed by atoms with E-state index >= 15 is 0 Å². The predicted molar refractivity (Wildman–Crippen MR) is 83.0 cm³/mol. The molecule has 2 N–H and O–H groups in total. The number of anilines is 1. The van der Waals surface area contributed by atoms with Crippen molar-refractivity contribution < 1.29 is 4.79 Å². The lowest BCUT2D eigenvalue weighted by atomic mass is 10.1. The highest BCUT2D eigenvalue weighted by atomic mass is 16.1. The quantitative estimate of drug-likeness (QED) is 0.876. The fourth-order valence-electron chi connectivity index (χ4n) is 1.89. The van der Waals surface area contributed by atoms with Crippen molar-refractivity contribution in [2.45, 2.75) is 20.4 Å². The molecule has 6 nitrogen and oxygen atoms in total. The fraction of sp³-hybridized carbons (Fsp3) is 0.250. The van der Waals surface area contributed by atoms with E-state index in [0.29, 0.717) is 23.6 Å². The van der Waals surface area contributed by atoms with Gasteiger partial charge < -0.3 is 10.6 Å². The summed E-state index contributed by atoms with van der Waals surface area (Å²) in [6.07, 6.45) is 0. The van der Waals surface area contributed by atoms with E-state index in [1.165, 1.54) is 0 Å². The number of amides is 1. The summed E-state index contributed by atoms with van der Waals surface area (Å²) in [5.74, 6) is 0.160. The van der Waals surface area contributed by atoms with Gasteiger partial charge in [-0.15, -0.1) is 5.10 Å². The van der Waals surface area contributed by atoms with E-state index in [0.717, 1.165) is 11.1 Å². The Bertz CT molecular complexity index is 706. The smallest absolute Gasteiger partial charge is 0.239 e. The van der Waals surface area contributed by atoms with Crippen molar-refractivity contribution in [1.82, 2.24) is 15.5 Å². The highest BCUT2D eigenvalue weighted by molar-refractivity contribution is 5.80. The molecule has 0 spiro atoms. The van der Waals surface area contributed by atoms with Gasteiger partial charge in [0, 0.05) is 6.54 Å². The van der Waals surface area contributed by atoms with Gasteiger partial charge in [-0.2, -0.15) is 10.4 Å². The Morgan fingerprint density at radius 3 is 2.64 bits per heavy atom. The van der Waals surface area contributed by atoms with Crippen LogP contribution in [0.2, 0.25) is 0 Å². The molecule has 0 aliphatic carbocycles. The zero-order valence-corrected chi connectivity index (χ0v) is 12.6. The van der Waals surface area contributed by atoms with Crippen molar-refractivity contribution in [2.24, 2.45) is 0 Å². The van der Waals surface area contributed by atoms with Crippen LogP contribution in [0.4, 0.5) is 5.82 Å². The topological polar surface area (TPSA) is 90.7 Å². The predicted octanol–water partition coefficient (Wildman–Crippen LogP) is 1.69. The van der Waals surface area contributed by atoms with Gasteiger partial charge in [0.25, 0.3) is 0 Å². The van der Waals surface area contributed by atoms with E-state index < -0.39 is 0 Å². The molecule has 0 atom stereocenters. The molecule has 2 aromatic rings. The highest BCUT2D eigenvalue weighted by Gasteiger charge is 2.11. The van der Waals surface area contributed by atoms with Crippen LogP contribution in [0.15, 0.2) is 30.3 Å². The normalized spacial score (nSPS) is 9.86. The van der Waals surface area contributed by atoms with Gasteiger partial charge in [-0.25, -0.2) is 0 Å². The van der Waals surface area contributed by atoms with Crippen molar-refractivity contribution >= 4 is 11.7 Å². The van der Waals surface area contributed by atoms with Crippen LogP contribution in [-0.4, -0.2) is 22.6 Å². The Morgan fingerprint density at radius 2 is 1.95 bits per heavy atom. The van der Waals surface area contributed by atoms with E-state index in [9.17, 15) is 10.1 Å². The number of nitrogens with one attached hydrogen (secondary N) is 2. The number of carbonyl (C=O) groups excluding carboxylic acids is 1. The second-order valence-corrected chi connectivity index (χ2v) is 4.86. The molecule has 0 bridgehead atoms. The summed E-state index contributed by atoms with van der Waals surface area (Å²) in [7, 11) is 0. The van der Waals surface area contributed by atoms with E-state index in [4.69, 9.17) is 0 Å². The number of aryl methyl sites for hydroxylation is 1. The van der Waals surface area contributed by atoms with Crippen LogP contribution >= 0.6 is 0 Å². The number of carbonyl (C=O) groups is 1. The molecule has 2 rings (SSSR count). The maximum Gasteiger partial charge on any atom is 0.239 e. The summed E-state index contributed by atoms with van der Waals surface area (Å²) in [5, 5.41) is 22.7. The van der Waals surface area contributed by atoms with E-state index in [1.807, 2.05) is 37.3 Å². The first-order valence-electron chi connectivity index (χ1n) is 6.90. The molecule has 0 aliphatic rings. The van der Waals surface area contributed by atoms with E-state index in [2.05, 4.69) is 26.9 Å². The Balaban J connectivity index is 1.92. The zero-order valence-electron chi connectivity index (χ0n) is 12.6. The molecule has 112 valence electrons. The molecule has 1 amide bonds. The molecule has 0 fully saturated rings. The summed E-state index contributed by atoms with van der Waals surface area (Å²) in [6.45, 7) is 4.10. The molecular formula is C16H17N5O. The Morgan fingerprint density at radius 1 is 1.23 bits per heavy atom. The Kier molecular flexibility index (Phi) is 5.04. The van der Waals surface area contributed by atoms with Crippen molar-refractivity contribution in [2.75, 3.05) is 11.9 Å². The summed E-state index contributed by atoms with van der Waals surface area (Å²) in [5.41, 5.74) is 2.92. The molecular weight excluding hydrogens is 278 g/mol. The third-order valence-corrected chi connectivity index (χ3v) is 3.32. The molecule has 22 heavy (non-hydrogen) atoms. The first-order chi connectivity index (χ1) is 10.6. The van der Waals surface area contributed by atoms with Crippen molar-refractivity contribution in [3.8, 4) is 6.07 Å². The first kappa shape index (κ1) is 15.4. The average molecular weight is 295 g/mol. The van der Waals surface area contributed by atoms with Crippen LogP contribution in [0.5, 0.6) is 0 Å². The monoisotopic (exact) mass is 295 g/mol. The molecule has 1 aromatic carbocycles. The van der Waals surface area contributed by atoms with E-state index in [-0.39, 0.29) is 12.5 Å². The van der Waals surface area contributed by atoms with Crippen LogP contribution in [0.25, 0.3) is 0 Å². The summed E-state index contributed by atoms with van der Waals surface area (Å²) < 4.78 is 0. The molecule has 0 saturated carbocycles. The SMILES string of the molecule is Cc1nnc(NCC(=O)NCc2ccccc2)c(C#N)c1C. The lowest BCUT2D eigenvalue weighted by molar-refractivity contribution is -0.119. The number of benzene rings is 1. The lowest BCUT2D eigenvalue weighted by Crippen LogP contribution is -2.30.